The predicted octanol–water partition coefficient (Wildman–Crippen LogP) is 5.87. The third-order valence-corrected chi connectivity index (χ3v) is 6.44. The molecule has 0 radical (unpaired) electrons. The van der Waals surface area contributed by atoms with Gasteiger partial charge in [-0.15, -0.1) is 0 Å². The highest BCUT2D eigenvalue weighted by Crippen LogP contribution is 2.35. The van der Waals surface area contributed by atoms with Crippen LogP contribution in [0.5, 0.6) is 0 Å². The molecule has 0 amide bonds. The molecule has 0 aromatic heterocycles. The number of morpholine rings is 1. The summed E-state index contributed by atoms with van der Waals surface area (Å²) in [5.74, 6) is 0. The fraction of sp³-hybridized carbons (Fsp3) is 0.357. The van der Waals surface area contributed by atoms with Crippen molar-refractivity contribution in [3.05, 3.63) is 96.1 Å². The van der Waals surface area contributed by atoms with Crippen LogP contribution in [0.15, 0.2) is 84.9 Å². The Balaban J connectivity index is 1.59. The van der Waals surface area contributed by atoms with Crippen LogP contribution in [-0.4, -0.2) is 47.6 Å². The van der Waals surface area contributed by atoms with Crippen molar-refractivity contribution < 1.29 is 23.0 Å². The molecule has 6 heteroatoms. The van der Waals surface area contributed by atoms with Gasteiger partial charge in [-0.2, -0.15) is 13.2 Å². The Morgan fingerprint density at radius 3 is 2.21 bits per heavy atom. The van der Waals surface area contributed by atoms with Crippen LogP contribution in [0.3, 0.4) is 0 Å². The Labute approximate surface area is 198 Å². The maximum Gasteiger partial charge on any atom is 0.389 e. The lowest BCUT2D eigenvalue weighted by molar-refractivity contribution is -0.177. The molecule has 2 atom stereocenters. The van der Waals surface area contributed by atoms with Gasteiger partial charge in [-0.3, -0.25) is 4.90 Å². The number of nitrogens with zero attached hydrogens (tertiary/aromatic N) is 1. The topological polar surface area (TPSA) is 32.7 Å². The molecule has 1 fully saturated rings. The van der Waals surface area contributed by atoms with Crippen molar-refractivity contribution in [3.63, 3.8) is 0 Å². The standard InChI is InChI=1S/C28H30F3NO2/c29-28(30,31)16-15-27(33,19-24-13-7-8-14-25(24)23-11-5-2-6-12-23)26-21-32(17-18-34-26)20-22-9-3-1-4-10-22/h1-14,26,33H,15-21H2. The van der Waals surface area contributed by atoms with Crippen LogP contribution in [0.2, 0.25) is 0 Å². The lowest BCUT2D eigenvalue weighted by Crippen LogP contribution is -2.55. The van der Waals surface area contributed by atoms with Gasteiger partial charge < -0.3 is 9.84 Å². The lowest BCUT2D eigenvalue weighted by Gasteiger charge is -2.42. The Bertz CT molecular complexity index is 1040. The summed E-state index contributed by atoms with van der Waals surface area (Å²) >= 11 is 0. The van der Waals surface area contributed by atoms with Crippen molar-refractivity contribution in [1.82, 2.24) is 4.90 Å². The van der Waals surface area contributed by atoms with E-state index in [1.807, 2.05) is 84.9 Å². The van der Waals surface area contributed by atoms with Crippen LogP contribution in [0.1, 0.15) is 24.0 Å². The number of hydrogen-bond donors (Lipinski definition) is 1. The number of aliphatic hydroxyl groups is 1. The first-order chi connectivity index (χ1) is 16.3. The van der Waals surface area contributed by atoms with Gasteiger partial charge in [-0.25, -0.2) is 0 Å². The van der Waals surface area contributed by atoms with Gasteiger partial charge in [0.15, 0.2) is 0 Å². The second-order valence-electron chi connectivity index (χ2n) is 9.00. The highest BCUT2D eigenvalue weighted by molar-refractivity contribution is 5.67. The molecule has 0 saturated carbocycles. The molecule has 1 N–H and O–H groups in total. The highest BCUT2D eigenvalue weighted by Gasteiger charge is 2.43. The van der Waals surface area contributed by atoms with Crippen molar-refractivity contribution in [2.24, 2.45) is 0 Å². The summed E-state index contributed by atoms with van der Waals surface area (Å²) in [5.41, 5.74) is 2.14. The number of rotatable bonds is 8. The minimum Gasteiger partial charge on any atom is -0.387 e. The smallest absolute Gasteiger partial charge is 0.387 e. The van der Waals surface area contributed by atoms with E-state index < -0.39 is 30.7 Å². The molecule has 1 heterocycles. The zero-order chi connectivity index (χ0) is 24.0. The molecule has 1 saturated heterocycles. The second-order valence-corrected chi connectivity index (χ2v) is 9.00. The van der Waals surface area contributed by atoms with Gasteiger partial charge in [0.2, 0.25) is 0 Å². The highest BCUT2D eigenvalue weighted by atomic mass is 19.4. The van der Waals surface area contributed by atoms with Crippen molar-refractivity contribution in [3.8, 4) is 11.1 Å². The summed E-state index contributed by atoms with van der Waals surface area (Å²) in [6.07, 6.45) is -6.47. The first-order valence-corrected chi connectivity index (χ1v) is 11.6. The quantitative estimate of drug-likeness (QED) is 0.448. The van der Waals surface area contributed by atoms with E-state index in [4.69, 9.17) is 4.74 Å². The summed E-state index contributed by atoms with van der Waals surface area (Å²) < 4.78 is 45.6. The summed E-state index contributed by atoms with van der Waals surface area (Å²) in [7, 11) is 0. The molecular weight excluding hydrogens is 439 g/mol. The molecule has 180 valence electrons. The van der Waals surface area contributed by atoms with Crippen molar-refractivity contribution in [2.75, 3.05) is 19.7 Å². The number of benzene rings is 3. The average Bonchev–Trinajstić information content (AvgIpc) is 2.84. The van der Waals surface area contributed by atoms with E-state index >= 15 is 0 Å². The Hall–Kier alpha value is -2.67. The first-order valence-electron chi connectivity index (χ1n) is 11.6. The Morgan fingerprint density at radius 1 is 0.853 bits per heavy atom. The second kappa shape index (κ2) is 10.7. The summed E-state index contributed by atoms with van der Waals surface area (Å²) in [4.78, 5) is 2.14. The van der Waals surface area contributed by atoms with Crippen LogP contribution < -0.4 is 0 Å². The molecule has 2 unspecified atom stereocenters. The Kier molecular flexibility index (Phi) is 7.71. The molecule has 0 spiro atoms. The van der Waals surface area contributed by atoms with Gasteiger partial charge in [-0.1, -0.05) is 84.9 Å². The SMILES string of the molecule is OC(CCC(F)(F)F)(Cc1ccccc1-c1ccccc1)C1CN(Cc2ccccc2)CCO1. The van der Waals surface area contributed by atoms with Crippen molar-refractivity contribution >= 4 is 0 Å². The molecule has 3 aromatic rings. The average molecular weight is 470 g/mol. The molecule has 0 bridgehead atoms. The van der Waals surface area contributed by atoms with E-state index in [1.165, 1.54) is 0 Å². The summed E-state index contributed by atoms with van der Waals surface area (Å²) in [6, 6.07) is 27.2. The maximum absolute atomic E-state index is 13.2. The molecule has 1 aliphatic rings. The van der Waals surface area contributed by atoms with Gasteiger partial charge in [0.05, 0.1) is 18.3 Å². The van der Waals surface area contributed by atoms with Crippen LogP contribution in [-0.2, 0) is 17.7 Å². The van der Waals surface area contributed by atoms with E-state index in [0.29, 0.717) is 26.2 Å². The van der Waals surface area contributed by atoms with Crippen molar-refractivity contribution in [2.45, 2.75) is 43.7 Å². The van der Waals surface area contributed by atoms with E-state index in [0.717, 1.165) is 22.3 Å². The van der Waals surface area contributed by atoms with Crippen LogP contribution in [0.4, 0.5) is 13.2 Å². The Morgan fingerprint density at radius 2 is 1.50 bits per heavy atom. The minimum atomic E-state index is -4.36. The van der Waals surface area contributed by atoms with Crippen LogP contribution in [0.25, 0.3) is 11.1 Å². The first kappa shape index (κ1) is 24.5. The third-order valence-electron chi connectivity index (χ3n) is 6.44. The van der Waals surface area contributed by atoms with Crippen molar-refractivity contribution in [1.29, 1.82) is 0 Å². The fourth-order valence-electron chi connectivity index (χ4n) is 4.64. The molecular formula is C28H30F3NO2. The zero-order valence-corrected chi connectivity index (χ0v) is 19.0. The van der Waals surface area contributed by atoms with Gasteiger partial charge in [0, 0.05) is 32.5 Å². The molecule has 1 aliphatic heterocycles. The summed E-state index contributed by atoms with van der Waals surface area (Å²) in [6.45, 7) is 2.07. The van der Waals surface area contributed by atoms with Gasteiger partial charge >= 0.3 is 6.18 Å². The van der Waals surface area contributed by atoms with Gasteiger partial charge in [0.25, 0.3) is 0 Å². The predicted molar refractivity (Wildman–Crippen MR) is 127 cm³/mol. The van der Waals surface area contributed by atoms with Gasteiger partial charge in [0.1, 0.15) is 0 Å². The monoisotopic (exact) mass is 469 g/mol. The molecule has 0 aliphatic carbocycles. The molecule has 3 nitrogen and oxygen atoms in total. The maximum atomic E-state index is 13.2. The van der Waals surface area contributed by atoms with Crippen LogP contribution in [0, 0.1) is 0 Å². The van der Waals surface area contributed by atoms with E-state index in [2.05, 4.69) is 4.90 Å². The van der Waals surface area contributed by atoms with E-state index in [-0.39, 0.29) is 6.42 Å². The molecule has 34 heavy (non-hydrogen) atoms. The third kappa shape index (κ3) is 6.47. The minimum absolute atomic E-state index is 0.0813. The summed E-state index contributed by atoms with van der Waals surface area (Å²) in [5, 5.41) is 11.8. The molecule has 4 rings (SSSR count). The number of halogens is 3. The van der Waals surface area contributed by atoms with Gasteiger partial charge in [-0.05, 0) is 28.7 Å². The molecule has 3 aromatic carbocycles. The largest absolute Gasteiger partial charge is 0.389 e. The lowest BCUT2D eigenvalue weighted by atomic mass is 9.81. The number of alkyl halides is 3. The fourth-order valence-corrected chi connectivity index (χ4v) is 4.64. The van der Waals surface area contributed by atoms with E-state index in [1.54, 1.807) is 0 Å². The number of ether oxygens (including phenoxy) is 1. The normalized spacial score (nSPS) is 19.0. The van der Waals surface area contributed by atoms with Crippen LogP contribution >= 0.6 is 0 Å². The number of hydrogen-bond acceptors (Lipinski definition) is 3. The van der Waals surface area contributed by atoms with E-state index in [9.17, 15) is 18.3 Å². The zero-order valence-electron chi connectivity index (χ0n) is 19.0.